The first-order valence-electron chi connectivity index (χ1n) is 8.20. The molecule has 1 aromatic rings. The molecule has 1 aromatic carbocycles. The SMILES string of the molecule is COC(=O)/C=C/c1ccc(CNCC23CC4C2=CCC=C43)cc1. The third-order valence-electron chi connectivity index (χ3n) is 5.43. The lowest BCUT2D eigenvalue weighted by Gasteiger charge is -2.68. The van der Waals surface area contributed by atoms with Crippen LogP contribution in [0.5, 0.6) is 0 Å². The zero-order valence-electron chi connectivity index (χ0n) is 13.3. The normalized spacial score (nSPS) is 26.9. The molecule has 3 saturated carbocycles. The van der Waals surface area contributed by atoms with Crippen LogP contribution in [0.15, 0.2) is 53.6 Å². The Bertz CT molecular complexity index is 705. The highest BCUT2D eigenvalue weighted by Gasteiger charge is 2.65. The van der Waals surface area contributed by atoms with E-state index in [2.05, 4.69) is 34.3 Å². The molecule has 4 bridgehead atoms. The summed E-state index contributed by atoms with van der Waals surface area (Å²) in [7, 11) is 1.38. The molecule has 5 rings (SSSR count). The number of methoxy groups -OCH3 is 1. The molecule has 0 radical (unpaired) electrons. The predicted molar refractivity (Wildman–Crippen MR) is 90.5 cm³/mol. The van der Waals surface area contributed by atoms with Crippen LogP contribution in [0.25, 0.3) is 6.08 Å². The van der Waals surface area contributed by atoms with E-state index in [4.69, 9.17) is 0 Å². The minimum Gasteiger partial charge on any atom is -0.466 e. The van der Waals surface area contributed by atoms with Crippen LogP contribution in [0.4, 0.5) is 0 Å². The topological polar surface area (TPSA) is 38.3 Å². The Morgan fingerprint density at radius 2 is 2.04 bits per heavy atom. The number of benzene rings is 1. The molecule has 0 aromatic heterocycles. The Kier molecular flexibility index (Phi) is 3.46. The lowest BCUT2D eigenvalue weighted by Crippen LogP contribution is -2.62. The van der Waals surface area contributed by atoms with Crippen molar-refractivity contribution in [1.29, 1.82) is 0 Å². The fraction of sp³-hybridized carbons (Fsp3) is 0.350. The first-order chi connectivity index (χ1) is 11.2. The van der Waals surface area contributed by atoms with E-state index in [0.29, 0.717) is 5.41 Å². The van der Waals surface area contributed by atoms with Crippen LogP contribution in [-0.2, 0) is 16.1 Å². The van der Waals surface area contributed by atoms with Crippen LogP contribution in [0.1, 0.15) is 24.0 Å². The Morgan fingerprint density at radius 1 is 1.30 bits per heavy atom. The van der Waals surface area contributed by atoms with E-state index in [1.165, 1.54) is 25.2 Å². The van der Waals surface area contributed by atoms with Crippen LogP contribution in [-0.4, -0.2) is 19.6 Å². The summed E-state index contributed by atoms with van der Waals surface area (Å²) >= 11 is 0. The van der Waals surface area contributed by atoms with E-state index in [1.54, 1.807) is 17.2 Å². The van der Waals surface area contributed by atoms with Gasteiger partial charge in [0.25, 0.3) is 0 Å². The van der Waals surface area contributed by atoms with Gasteiger partial charge >= 0.3 is 5.97 Å². The van der Waals surface area contributed by atoms with Gasteiger partial charge in [0.2, 0.25) is 0 Å². The Labute approximate surface area is 136 Å². The number of carbonyl (C=O) groups excluding carboxylic acids is 1. The maximum atomic E-state index is 11.1. The number of esters is 1. The summed E-state index contributed by atoms with van der Waals surface area (Å²) in [6, 6.07) is 8.26. The Morgan fingerprint density at radius 3 is 2.65 bits per heavy atom. The van der Waals surface area contributed by atoms with Gasteiger partial charge in [-0.05, 0) is 30.0 Å². The van der Waals surface area contributed by atoms with Gasteiger partial charge in [0, 0.05) is 30.5 Å². The fourth-order valence-electron chi connectivity index (χ4n) is 4.13. The van der Waals surface area contributed by atoms with Crippen molar-refractivity contribution in [3.8, 4) is 0 Å². The predicted octanol–water partition coefficient (Wildman–Crippen LogP) is 3.24. The molecule has 0 atom stereocenters. The second-order valence-electron chi connectivity index (χ2n) is 6.60. The van der Waals surface area contributed by atoms with Crippen molar-refractivity contribution in [2.45, 2.75) is 19.4 Å². The summed E-state index contributed by atoms with van der Waals surface area (Å²) in [5.41, 5.74) is 6.03. The van der Waals surface area contributed by atoms with Gasteiger partial charge in [-0.3, -0.25) is 0 Å². The zero-order valence-corrected chi connectivity index (χ0v) is 13.3. The summed E-state index contributed by atoms with van der Waals surface area (Å²) in [5, 5.41) is 3.62. The second-order valence-corrected chi connectivity index (χ2v) is 6.60. The Hall–Kier alpha value is -2.13. The number of allylic oxidation sites excluding steroid dienone is 2. The first kappa shape index (κ1) is 14.5. The maximum absolute atomic E-state index is 11.1. The van der Waals surface area contributed by atoms with Crippen molar-refractivity contribution in [3.05, 3.63) is 64.8 Å². The number of rotatable bonds is 6. The van der Waals surface area contributed by atoms with Gasteiger partial charge in [-0.2, -0.15) is 0 Å². The average molecular weight is 307 g/mol. The standard InChI is InChI=1S/C20H21NO2/c1-23-19(22)10-9-14-5-7-15(8-6-14)12-21-13-20-11-16-17(20)3-2-4-18(16)20/h3-10,16,21H,2,11-13H2,1H3/b10-9+. The summed E-state index contributed by atoms with van der Waals surface area (Å²) in [5.74, 6) is 0.481. The lowest BCUT2D eigenvalue weighted by atomic mass is 9.36. The van der Waals surface area contributed by atoms with Gasteiger partial charge < -0.3 is 10.1 Å². The van der Waals surface area contributed by atoms with Gasteiger partial charge in [0.05, 0.1) is 7.11 Å². The molecule has 1 N–H and O–H groups in total. The highest BCUT2D eigenvalue weighted by atomic mass is 16.5. The van der Waals surface area contributed by atoms with E-state index in [9.17, 15) is 4.79 Å². The molecule has 23 heavy (non-hydrogen) atoms. The van der Waals surface area contributed by atoms with Crippen molar-refractivity contribution in [2.75, 3.05) is 13.7 Å². The summed E-state index contributed by atoms with van der Waals surface area (Å²) < 4.78 is 4.59. The number of ether oxygens (including phenoxy) is 1. The van der Waals surface area contributed by atoms with E-state index < -0.39 is 0 Å². The average Bonchev–Trinajstić information content (AvgIpc) is 2.57. The second kappa shape index (κ2) is 5.50. The summed E-state index contributed by atoms with van der Waals surface area (Å²) in [6.07, 6.45) is 10.5. The minimum absolute atomic E-state index is 0.330. The highest BCUT2D eigenvalue weighted by Crippen LogP contribution is 2.73. The van der Waals surface area contributed by atoms with Crippen LogP contribution >= 0.6 is 0 Å². The number of carbonyl (C=O) groups is 1. The van der Waals surface area contributed by atoms with Gasteiger partial charge in [-0.25, -0.2) is 4.79 Å². The molecular weight excluding hydrogens is 286 g/mol. The highest BCUT2D eigenvalue weighted by molar-refractivity contribution is 5.86. The van der Waals surface area contributed by atoms with E-state index in [-0.39, 0.29) is 5.97 Å². The molecule has 0 spiro atoms. The van der Waals surface area contributed by atoms with E-state index in [1.807, 2.05) is 12.1 Å². The number of hydrogen-bond acceptors (Lipinski definition) is 3. The van der Waals surface area contributed by atoms with Gasteiger partial charge in [-0.1, -0.05) is 47.6 Å². The molecular formula is C20H21NO2. The quantitative estimate of drug-likeness (QED) is 0.498. The molecule has 4 aliphatic rings. The molecule has 0 saturated heterocycles. The van der Waals surface area contributed by atoms with Crippen molar-refractivity contribution >= 4 is 12.0 Å². The summed E-state index contributed by atoms with van der Waals surface area (Å²) in [4.78, 5) is 11.1. The van der Waals surface area contributed by atoms with Crippen molar-refractivity contribution < 1.29 is 9.53 Å². The molecule has 3 nitrogen and oxygen atoms in total. The lowest BCUT2D eigenvalue weighted by molar-refractivity contribution is -0.134. The molecule has 4 aliphatic carbocycles. The first-order valence-corrected chi connectivity index (χ1v) is 8.20. The molecule has 0 heterocycles. The summed E-state index contributed by atoms with van der Waals surface area (Å²) in [6.45, 7) is 1.94. The van der Waals surface area contributed by atoms with Gasteiger partial charge in [-0.15, -0.1) is 0 Å². The van der Waals surface area contributed by atoms with Crippen LogP contribution in [0.3, 0.4) is 0 Å². The Balaban J connectivity index is 1.30. The zero-order chi connectivity index (χ0) is 15.9. The smallest absolute Gasteiger partial charge is 0.330 e. The van der Waals surface area contributed by atoms with Gasteiger partial charge in [0.1, 0.15) is 0 Å². The molecule has 0 amide bonds. The third kappa shape index (κ3) is 2.27. The largest absolute Gasteiger partial charge is 0.466 e. The van der Waals surface area contributed by atoms with Crippen LogP contribution in [0.2, 0.25) is 0 Å². The van der Waals surface area contributed by atoms with Crippen LogP contribution in [0, 0.1) is 11.3 Å². The maximum Gasteiger partial charge on any atom is 0.330 e. The number of nitrogens with one attached hydrogen (secondary N) is 1. The minimum atomic E-state index is -0.330. The third-order valence-corrected chi connectivity index (χ3v) is 5.43. The van der Waals surface area contributed by atoms with Crippen LogP contribution < -0.4 is 5.32 Å². The molecule has 3 fully saturated rings. The van der Waals surface area contributed by atoms with Crippen molar-refractivity contribution in [3.63, 3.8) is 0 Å². The molecule has 3 heteroatoms. The molecule has 0 unspecified atom stereocenters. The van der Waals surface area contributed by atoms with E-state index in [0.717, 1.165) is 31.0 Å². The van der Waals surface area contributed by atoms with Crippen molar-refractivity contribution in [2.24, 2.45) is 11.3 Å². The number of hydrogen-bond donors (Lipinski definition) is 1. The fourth-order valence-corrected chi connectivity index (χ4v) is 4.13. The molecule has 0 aliphatic heterocycles. The molecule has 118 valence electrons. The van der Waals surface area contributed by atoms with Crippen molar-refractivity contribution in [1.82, 2.24) is 5.32 Å². The van der Waals surface area contributed by atoms with E-state index >= 15 is 0 Å². The van der Waals surface area contributed by atoms with Gasteiger partial charge in [0.15, 0.2) is 0 Å². The monoisotopic (exact) mass is 307 g/mol.